The monoisotopic (exact) mass is 570 g/mol. The topological polar surface area (TPSA) is 71.3 Å². The Labute approximate surface area is 215 Å². The van der Waals surface area contributed by atoms with Gasteiger partial charge >= 0.3 is 0 Å². The lowest BCUT2D eigenvalue weighted by molar-refractivity contribution is 0.144. The van der Waals surface area contributed by atoms with Crippen molar-refractivity contribution in [1.82, 2.24) is 15.5 Å². The molecule has 0 saturated carbocycles. The highest BCUT2D eigenvalue weighted by atomic mass is 127. The van der Waals surface area contributed by atoms with E-state index in [9.17, 15) is 0 Å². The number of hydrogen-bond donors (Lipinski definition) is 2. The highest BCUT2D eigenvalue weighted by Crippen LogP contribution is 2.24. The number of halogens is 1. The van der Waals surface area contributed by atoms with E-state index in [1.807, 2.05) is 25.1 Å². The number of methoxy groups -OCH3 is 1. The van der Waals surface area contributed by atoms with Gasteiger partial charge in [-0.2, -0.15) is 0 Å². The Balaban J connectivity index is 0.00000385. The lowest BCUT2D eigenvalue weighted by atomic mass is 10.1. The molecule has 1 fully saturated rings. The molecule has 0 radical (unpaired) electrons. The van der Waals surface area contributed by atoms with E-state index in [0.29, 0.717) is 6.54 Å². The average molecular weight is 571 g/mol. The highest BCUT2D eigenvalue weighted by Gasteiger charge is 2.24. The van der Waals surface area contributed by atoms with E-state index < -0.39 is 0 Å². The molecule has 1 aromatic heterocycles. The van der Waals surface area contributed by atoms with Gasteiger partial charge in [-0.3, -0.25) is 4.90 Å². The van der Waals surface area contributed by atoms with Gasteiger partial charge in [-0.05, 0) is 69.1 Å². The van der Waals surface area contributed by atoms with E-state index in [-0.39, 0.29) is 30.0 Å². The van der Waals surface area contributed by atoms with Crippen LogP contribution in [0.4, 0.5) is 0 Å². The Kier molecular flexibility index (Phi) is 13.3. The maximum Gasteiger partial charge on any atom is 0.191 e. The third-order valence-corrected chi connectivity index (χ3v) is 5.71. The number of furan rings is 1. The van der Waals surface area contributed by atoms with Crippen LogP contribution >= 0.6 is 24.0 Å². The molecule has 0 spiro atoms. The minimum Gasteiger partial charge on any atom is -0.497 e. The summed E-state index contributed by atoms with van der Waals surface area (Å²) < 4.78 is 16.5. The number of benzene rings is 1. The van der Waals surface area contributed by atoms with Gasteiger partial charge in [0, 0.05) is 26.3 Å². The van der Waals surface area contributed by atoms with Crippen molar-refractivity contribution in [3.05, 3.63) is 54.0 Å². The number of hydrogen-bond acceptors (Lipinski definition) is 5. The zero-order valence-electron chi connectivity index (χ0n) is 19.9. The molecule has 1 aliphatic rings. The van der Waals surface area contributed by atoms with Gasteiger partial charge in [0.15, 0.2) is 5.96 Å². The summed E-state index contributed by atoms with van der Waals surface area (Å²) in [5.41, 5.74) is 1.14. The second-order valence-corrected chi connectivity index (χ2v) is 8.00. The molecule has 2 aromatic rings. The number of ether oxygens (including phenoxy) is 2. The van der Waals surface area contributed by atoms with Crippen LogP contribution in [-0.2, 0) is 11.3 Å². The fraction of sp³-hybridized carbons (Fsp3) is 0.560. The molecule has 2 heterocycles. The summed E-state index contributed by atoms with van der Waals surface area (Å²) >= 11 is 0. The molecule has 1 saturated heterocycles. The fourth-order valence-electron chi connectivity index (χ4n) is 3.91. The predicted molar refractivity (Wildman–Crippen MR) is 144 cm³/mol. The minimum atomic E-state index is 0. The van der Waals surface area contributed by atoms with E-state index in [1.54, 1.807) is 13.4 Å². The second-order valence-electron chi connectivity index (χ2n) is 8.00. The third kappa shape index (κ3) is 9.54. The SMILES string of the molecule is CCOCCCNC(=NCc1ccc(OC)cc1)NCC(c1ccco1)N1CCCCC1.I. The maximum atomic E-state index is 5.79. The lowest BCUT2D eigenvalue weighted by Crippen LogP contribution is -2.44. The molecule has 1 atom stereocenters. The van der Waals surface area contributed by atoms with Crippen molar-refractivity contribution in [3.8, 4) is 5.75 Å². The molecular formula is C25H39IN4O3. The summed E-state index contributed by atoms with van der Waals surface area (Å²) in [5.74, 6) is 2.67. The van der Waals surface area contributed by atoms with Crippen LogP contribution in [0.5, 0.6) is 5.75 Å². The number of nitrogens with one attached hydrogen (secondary N) is 2. The molecule has 33 heavy (non-hydrogen) atoms. The molecule has 2 N–H and O–H groups in total. The Morgan fingerprint density at radius 2 is 1.91 bits per heavy atom. The van der Waals surface area contributed by atoms with Crippen LogP contribution in [0.25, 0.3) is 0 Å². The third-order valence-electron chi connectivity index (χ3n) is 5.71. The average Bonchev–Trinajstić information content (AvgIpc) is 3.37. The van der Waals surface area contributed by atoms with E-state index in [2.05, 4.69) is 33.7 Å². The molecule has 0 aliphatic carbocycles. The van der Waals surface area contributed by atoms with Gasteiger partial charge in [-0.25, -0.2) is 4.99 Å². The number of aliphatic imine (C=N–C) groups is 1. The van der Waals surface area contributed by atoms with Crippen molar-refractivity contribution in [2.75, 3.05) is 46.5 Å². The first kappa shape index (κ1) is 27.5. The molecule has 1 aliphatic heterocycles. The summed E-state index contributed by atoms with van der Waals surface area (Å²) in [5, 5.41) is 7.02. The van der Waals surface area contributed by atoms with Gasteiger partial charge < -0.3 is 24.5 Å². The number of likely N-dealkylation sites (tertiary alicyclic amines) is 1. The van der Waals surface area contributed by atoms with Crippen LogP contribution in [-0.4, -0.2) is 57.4 Å². The van der Waals surface area contributed by atoms with E-state index >= 15 is 0 Å². The van der Waals surface area contributed by atoms with Crippen LogP contribution in [0, 0.1) is 0 Å². The van der Waals surface area contributed by atoms with Gasteiger partial charge in [0.25, 0.3) is 0 Å². The first-order chi connectivity index (χ1) is 15.8. The van der Waals surface area contributed by atoms with E-state index in [0.717, 1.165) is 68.8 Å². The van der Waals surface area contributed by atoms with Gasteiger partial charge in [0.2, 0.25) is 0 Å². The number of guanidine groups is 1. The number of piperidine rings is 1. The molecular weight excluding hydrogens is 531 g/mol. The standard InChI is InChI=1S/C25H38N4O3.HI/c1-3-31-17-8-14-26-25(27-19-21-10-12-22(30-2)13-11-21)28-20-23(24-9-7-18-32-24)29-15-5-4-6-16-29;/h7,9-13,18,23H,3-6,8,14-17,19-20H2,1-2H3,(H2,26,27,28);1H. The van der Waals surface area contributed by atoms with E-state index in [4.69, 9.17) is 18.9 Å². The van der Waals surface area contributed by atoms with Crippen molar-refractivity contribution in [3.63, 3.8) is 0 Å². The van der Waals surface area contributed by atoms with Crippen LogP contribution in [0.3, 0.4) is 0 Å². The Morgan fingerprint density at radius 3 is 2.58 bits per heavy atom. The lowest BCUT2D eigenvalue weighted by Gasteiger charge is -2.33. The van der Waals surface area contributed by atoms with Crippen molar-refractivity contribution in [2.45, 2.75) is 45.2 Å². The van der Waals surface area contributed by atoms with Crippen molar-refractivity contribution >= 4 is 29.9 Å². The summed E-state index contributed by atoms with van der Waals surface area (Å²) in [6.45, 7) is 7.87. The second kappa shape index (κ2) is 16.0. The molecule has 0 amide bonds. The Morgan fingerprint density at radius 1 is 1.12 bits per heavy atom. The van der Waals surface area contributed by atoms with Crippen LogP contribution < -0.4 is 15.4 Å². The molecule has 184 valence electrons. The van der Waals surface area contributed by atoms with Gasteiger partial charge in [-0.1, -0.05) is 18.6 Å². The van der Waals surface area contributed by atoms with Crippen LogP contribution in [0.1, 0.15) is 50.0 Å². The molecule has 0 bridgehead atoms. The summed E-state index contributed by atoms with van der Waals surface area (Å²) in [6, 6.07) is 12.3. The minimum absolute atomic E-state index is 0. The zero-order chi connectivity index (χ0) is 22.4. The van der Waals surface area contributed by atoms with Crippen molar-refractivity contribution in [1.29, 1.82) is 0 Å². The fourth-order valence-corrected chi connectivity index (χ4v) is 3.91. The summed E-state index contributed by atoms with van der Waals surface area (Å²) in [4.78, 5) is 7.35. The van der Waals surface area contributed by atoms with Crippen LogP contribution in [0.2, 0.25) is 0 Å². The molecule has 8 heteroatoms. The normalized spacial score (nSPS) is 15.5. The molecule has 7 nitrogen and oxygen atoms in total. The predicted octanol–water partition coefficient (Wildman–Crippen LogP) is 4.60. The first-order valence-electron chi connectivity index (χ1n) is 11.8. The Bertz CT molecular complexity index is 777. The van der Waals surface area contributed by atoms with E-state index in [1.165, 1.54) is 19.3 Å². The number of nitrogens with zero attached hydrogens (tertiary/aromatic N) is 2. The highest BCUT2D eigenvalue weighted by molar-refractivity contribution is 14.0. The first-order valence-corrected chi connectivity index (χ1v) is 11.8. The molecule has 1 unspecified atom stereocenters. The zero-order valence-corrected chi connectivity index (χ0v) is 22.3. The van der Waals surface area contributed by atoms with Crippen molar-refractivity contribution < 1.29 is 13.9 Å². The largest absolute Gasteiger partial charge is 0.497 e. The van der Waals surface area contributed by atoms with Crippen molar-refractivity contribution in [2.24, 2.45) is 4.99 Å². The maximum absolute atomic E-state index is 5.79. The molecule has 3 rings (SSSR count). The summed E-state index contributed by atoms with van der Waals surface area (Å²) in [6.07, 6.45) is 6.49. The van der Waals surface area contributed by atoms with Gasteiger partial charge in [-0.15, -0.1) is 24.0 Å². The van der Waals surface area contributed by atoms with Gasteiger partial charge in [0.1, 0.15) is 11.5 Å². The quantitative estimate of drug-likeness (QED) is 0.168. The van der Waals surface area contributed by atoms with Gasteiger partial charge in [0.05, 0.1) is 26.0 Å². The van der Waals surface area contributed by atoms with Crippen LogP contribution in [0.15, 0.2) is 52.1 Å². The molecule has 1 aromatic carbocycles. The number of rotatable bonds is 12. The Hall–Kier alpha value is -1.78. The summed E-state index contributed by atoms with van der Waals surface area (Å²) in [7, 11) is 1.68. The smallest absolute Gasteiger partial charge is 0.191 e.